The number of anilines is 2. The number of hydrogen-bond donors (Lipinski definition) is 1. The molecule has 0 aliphatic rings. The fraction of sp³-hybridized carbons (Fsp3) is 0.200. The summed E-state index contributed by atoms with van der Waals surface area (Å²) in [6.07, 6.45) is 0. The van der Waals surface area contributed by atoms with E-state index in [1.54, 1.807) is 12.1 Å². The van der Waals surface area contributed by atoms with Gasteiger partial charge in [-0.3, -0.25) is 0 Å². The predicted octanol–water partition coefficient (Wildman–Crippen LogP) is 3.32. The average Bonchev–Trinajstić information content (AvgIpc) is 2.41. The zero-order valence-electron chi connectivity index (χ0n) is 11.4. The molecular formula is C15H16FN3S. The molecule has 2 rings (SSSR count). The van der Waals surface area contributed by atoms with E-state index in [1.807, 2.05) is 30.9 Å². The Morgan fingerprint density at radius 3 is 2.45 bits per heavy atom. The molecule has 0 fully saturated rings. The topological polar surface area (TPSA) is 42.2 Å². The normalized spacial score (nSPS) is 10.3. The average molecular weight is 289 g/mol. The van der Waals surface area contributed by atoms with E-state index in [-0.39, 0.29) is 5.82 Å². The van der Waals surface area contributed by atoms with Crippen LogP contribution in [0.15, 0.2) is 36.4 Å². The first-order valence-electron chi connectivity index (χ1n) is 6.33. The van der Waals surface area contributed by atoms with Crippen LogP contribution in [0.25, 0.3) is 0 Å². The number of hydrogen-bond acceptors (Lipinski definition) is 3. The van der Waals surface area contributed by atoms with Crippen LogP contribution in [0.3, 0.4) is 0 Å². The number of nitrogens with zero attached hydrogens (tertiary/aromatic N) is 2. The van der Waals surface area contributed by atoms with Crippen molar-refractivity contribution in [1.82, 2.24) is 4.98 Å². The van der Waals surface area contributed by atoms with Gasteiger partial charge in [0.1, 0.15) is 16.6 Å². The summed E-state index contributed by atoms with van der Waals surface area (Å²) in [7, 11) is 0. The molecule has 0 aliphatic heterocycles. The summed E-state index contributed by atoms with van der Waals surface area (Å²) in [5.74, 6) is 0.434. The molecule has 1 aromatic heterocycles. The summed E-state index contributed by atoms with van der Waals surface area (Å²) in [5, 5.41) is 0. The van der Waals surface area contributed by atoms with Gasteiger partial charge in [-0.05, 0) is 50.2 Å². The maximum absolute atomic E-state index is 13.1. The molecule has 104 valence electrons. The Balaban J connectivity index is 2.53. The lowest BCUT2D eigenvalue weighted by molar-refractivity contribution is 0.628. The summed E-state index contributed by atoms with van der Waals surface area (Å²) in [6.45, 7) is 4.58. The highest BCUT2D eigenvalue weighted by molar-refractivity contribution is 7.80. The Bertz CT molecular complexity index is 626. The minimum atomic E-state index is -0.267. The maximum atomic E-state index is 13.1. The van der Waals surface area contributed by atoms with E-state index < -0.39 is 0 Å². The molecule has 0 radical (unpaired) electrons. The molecule has 0 bridgehead atoms. The van der Waals surface area contributed by atoms with Gasteiger partial charge in [-0.25, -0.2) is 9.37 Å². The Labute approximate surface area is 123 Å². The zero-order valence-corrected chi connectivity index (χ0v) is 12.2. The van der Waals surface area contributed by atoms with E-state index >= 15 is 0 Å². The van der Waals surface area contributed by atoms with Crippen molar-refractivity contribution < 1.29 is 4.39 Å². The van der Waals surface area contributed by atoms with Gasteiger partial charge in [0.2, 0.25) is 0 Å². The number of aryl methyl sites for hydroxylation is 1. The predicted molar refractivity (Wildman–Crippen MR) is 83.9 cm³/mol. The molecule has 3 nitrogen and oxygen atoms in total. The first-order valence-corrected chi connectivity index (χ1v) is 6.74. The van der Waals surface area contributed by atoms with Gasteiger partial charge in [0.15, 0.2) is 0 Å². The van der Waals surface area contributed by atoms with Gasteiger partial charge >= 0.3 is 0 Å². The van der Waals surface area contributed by atoms with Crippen molar-refractivity contribution in [3.8, 4) is 0 Å². The number of pyridine rings is 1. The van der Waals surface area contributed by atoms with Crippen LogP contribution in [-0.2, 0) is 0 Å². The van der Waals surface area contributed by atoms with Gasteiger partial charge in [0.05, 0.1) is 5.56 Å². The summed E-state index contributed by atoms with van der Waals surface area (Å²) in [4.78, 5) is 6.79. The van der Waals surface area contributed by atoms with Crippen molar-refractivity contribution in [2.24, 2.45) is 5.73 Å². The van der Waals surface area contributed by atoms with Crippen LogP contribution >= 0.6 is 12.2 Å². The summed E-state index contributed by atoms with van der Waals surface area (Å²) < 4.78 is 13.1. The first-order chi connectivity index (χ1) is 9.52. The molecule has 1 heterocycles. The third-order valence-electron chi connectivity index (χ3n) is 2.99. The molecule has 0 aliphatic carbocycles. The number of thiocarbonyl (C=S) groups is 1. The summed E-state index contributed by atoms with van der Waals surface area (Å²) >= 11 is 5.08. The van der Waals surface area contributed by atoms with E-state index in [1.165, 1.54) is 12.1 Å². The van der Waals surface area contributed by atoms with Gasteiger partial charge in [-0.2, -0.15) is 0 Å². The van der Waals surface area contributed by atoms with Crippen LogP contribution in [-0.4, -0.2) is 16.5 Å². The van der Waals surface area contributed by atoms with E-state index in [0.717, 1.165) is 16.9 Å². The number of rotatable bonds is 4. The third kappa shape index (κ3) is 2.93. The van der Waals surface area contributed by atoms with E-state index in [9.17, 15) is 4.39 Å². The minimum absolute atomic E-state index is 0.267. The second-order valence-electron chi connectivity index (χ2n) is 4.41. The fourth-order valence-electron chi connectivity index (χ4n) is 2.02. The minimum Gasteiger partial charge on any atom is -0.389 e. The molecule has 0 saturated heterocycles. The highest BCUT2D eigenvalue weighted by Gasteiger charge is 2.15. The smallest absolute Gasteiger partial charge is 0.143 e. The number of aromatic nitrogens is 1. The van der Waals surface area contributed by atoms with Crippen LogP contribution in [0.5, 0.6) is 0 Å². The highest BCUT2D eigenvalue weighted by Crippen LogP contribution is 2.27. The molecule has 20 heavy (non-hydrogen) atoms. The van der Waals surface area contributed by atoms with Crippen LogP contribution in [0.2, 0.25) is 0 Å². The van der Waals surface area contributed by atoms with Crippen molar-refractivity contribution in [3.05, 3.63) is 53.5 Å². The fourth-order valence-corrected chi connectivity index (χ4v) is 2.18. The molecule has 0 spiro atoms. The van der Waals surface area contributed by atoms with Gasteiger partial charge in [-0.1, -0.05) is 12.2 Å². The van der Waals surface area contributed by atoms with Gasteiger partial charge in [0.25, 0.3) is 0 Å². The number of halogens is 1. The van der Waals surface area contributed by atoms with Crippen LogP contribution in [0.1, 0.15) is 18.2 Å². The second kappa shape index (κ2) is 5.96. The summed E-state index contributed by atoms with van der Waals surface area (Å²) in [5.41, 5.74) is 8.21. The van der Waals surface area contributed by atoms with E-state index in [2.05, 4.69) is 4.98 Å². The standard InChI is InChI=1S/C15H16FN3S/c1-3-19(12-7-5-11(16)6-8-12)15-13(14(17)20)9-4-10(2)18-15/h4-9H,3H2,1-2H3,(H2,17,20). The van der Waals surface area contributed by atoms with Crippen molar-refractivity contribution in [2.45, 2.75) is 13.8 Å². The zero-order chi connectivity index (χ0) is 14.7. The van der Waals surface area contributed by atoms with Gasteiger partial charge < -0.3 is 10.6 Å². The Morgan fingerprint density at radius 1 is 1.25 bits per heavy atom. The molecule has 5 heteroatoms. The molecule has 0 saturated carbocycles. The van der Waals surface area contributed by atoms with Crippen molar-refractivity contribution >= 4 is 28.7 Å². The first kappa shape index (κ1) is 14.4. The SMILES string of the molecule is CCN(c1ccc(F)cc1)c1nc(C)ccc1C(N)=S. The lowest BCUT2D eigenvalue weighted by Crippen LogP contribution is -2.23. The monoisotopic (exact) mass is 289 g/mol. The number of nitrogens with two attached hydrogens (primary N) is 1. The molecular weight excluding hydrogens is 273 g/mol. The largest absolute Gasteiger partial charge is 0.389 e. The van der Waals surface area contributed by atoms with Crippen molar-refractivity contribution in [3.63, 3.8) is 0 Å². The Kier molecular flexibility index (Phi) is 4.29. The van der Waals surface area contributed by atoms with Crippen molar-refractivity contribution in [1.29, 1.82) is 0 Å². The lowest BCUT2D eigenvalue weighted by Gasteiger charge is -2.24. The number of benzene rings is 1. The molecule has 0 unspecified atom stereocenters. The molecule has 1 aromatic carbocycles. The van der Waals surface area contributed by atoms with E-state index in [0.29, 0.717) is 17.4 Å². The van der Waals surface area contributed by atoms with Gasteiger partial charge in [0, 0.05) is 17.9 Å². The Morgan fingerprint density at radius 2 is 1.90 bits per heavy atom. The molecule has 2 N–H and O–H groups in total. The van der Waals surface area contributed by atoms with Gasteiger partial charge in [-0.15, -0.1) is 0 Å². The third-order valence-corrected chi connectivity index (χ3v) is 3.21. The molecule has 2 aromatic rings. The highest BCUT2D eigenvalue weighted by atomic mass is 32.1. The van der Waals surface area contributed by atoms with Crippen LogP contribution in [0, 0.1) is 12.7 Å². The maximum Gasteiger partial charge on any atom is 0.143 e. The Hall–Kier alpha value is -2.01. The second-order valence-corrected chi connectivity index (χ2v) is 4.85. The van der Waals surface area contributed by atoms with Crippen LogP contribution in [0.4, 0.5) is 15.9 Å². The quantitative estimate of drug-likeness (QED) is 0.877. The summed E-state index contributed by atoms with van der Waals surface area (Å²) in [6, 6.07) is 10.0. The molecule has 0 amide bonds. The van der Waals surface area contributed by atoms with Crippen LogP contribution < -0.4 is 10.6 Å². The lowest BCUT2D eigenvalue weighted by atomic mass is 10.2. The van der Waals surface area contributed by atoms with E-state index in [4.69, 9.17) is 18.0 Å². The van der Waals surface area contributed by atoms with Crippen molar-refractivity contribution in [2.75, 3.05) is 11.4 Å². The molecule has 0 atom stereocenters.